The first-order valence-corrected chi connectivity index (χ1v) is 8.90. The van der Waals surface area contributed by atoms with Gasteiger partial charge in [-0.1, -0.05) is 54.6 Å². The number of hydrogen-bond acceptors (Lipinski definition) is 2. The molecule has 3 aromatic carbocycles. The fraction of sp³-hybridized carbons (Fsp3) is 0.273. The van der Waals surface area contributed by atoms with Crippen molar-refractivity contribution in [3.8, 4) is 22.3 Å². The summed E-state index contributed by atoms with van der Waals surface area (Å²) >= 11 is 0. The summed E-state index contributed by atoms with van der Waals surface area (Å²) in [5.74, 6) is 0. The quantitative estimate of drug-likeness (QED) is 0.468. The zero-order valence-corrected chi connectivity index (χ0v) is 15.1. The molecule has 0 amide bonds. The fourth-order valence-electron chi connectivity index (χ4n) is 4.04. The molecular weight excluding hydrogens is 307 g/mol. The van der Waals surface area contributed by atoms with Gasteiger partial charge in [-0.2, -0.15) is 0 Å². The van der Waals surface area contributed by atoms with Crippen LogP contribution in [0.4, 0.5) is 0 Å². The molecule has 0 aromatic heterocycles. The van der Waals surface area contributed by atoms with E-state index in [4.69, 9.17) is 9.31 Å². The molecule has 0 spiro atoms. The van der Waals surface area contributed by atoms with Crippen LogP contribution in [0.1, 0.15) is 27.7 Å². The van der Waals surface area contributed by atoms with E-state index >= 15 is 0 Å². The predicted molar refractivity (Wildman–Crippen MR) is 104 cm³/mol. The van der Waals surface area contributed by atoms with Gasteiger partial charge in [0, 0.05) is 0 Å². The van der Waals surface area contributed by atoms with Crippen LogP contribution >= 0.6 is 0 Å². The molecule has 1 heterocycles. The highest BCUT2D eigenvalue weighted by Gasteiger charge is 2.52. The zero-order valence-electron chi connectivity index (χ0n) is 15.1. The van der Waals surface area contributed by atoms with Gasteiger partial charge in [0.25, 0.3) is 0 Å². The van der Waals surface area contributed by atoms with Gasteiger partial charge in [-0.25, -0.2) is 0 Å². The highest BCUT2D eigenvalue weighted by molar-refractivity contribution is 6.64. The van der Waals surface area contributed by atoms with E-state index in [-0.39, 0.29) is 18.3 Å². The van der Waals surface area contributed by atoms with Crippen LogP contribution < -0.4 is 5.46 Å². The van der Waals surface area contributed by atoms with E-state index in [2.05, 4.69) is 82.3 Å². The highest BCUT2D eigenvalue weighted by atomic mass is 16.7. The van der Waals surface area contributed by atoms with Gasteiger partial charge in [0.2, 0.25) is 0 Å². The summed E-state index contributed by atoms with van der Waals surface area (Å²) in [6.07, 6.45) is 0. The Bertz CT molecular complexity index is 998. The standard InChI is InChI=1S/C22H21BO2/c1-21(2)22(3,4)25-23(24-21)18-13-7-11-16-15-10-5-8-14-9-6-12-17(19(14)15)20(16)18/h5-13H,1-4H3. The van der Waals surface area contributed by atoms with Crippen molar-refractivity contribution in [2.75, 3.05) is 0 Å². The van der Waals surface area contributed by atoms with E-state index in [0.29, 0.717) is 0 Å². The molecule has 0 atom stereocenters. The number of hydrogen-bond donors (Lipinski definition) is 0. The molecule has 3 heteroatoms. The predicted octanol–water partition coefficient (Wildman–Crippen LogP) is 4.79. The van der Waals surface area contributed by atoms with E-state index in [9.17, 15) is 0 Å². The second-order valence-electron chi connectivity index (χ2n) is 8.07. The minimum absolute atomic E-state index is 0.335. The van der Waals surface area contributed by atoms with Crippen LogP contribution in [-0.4, -0.2) is 18.3 Å². The molecule has 1 aliphatic heterocycles. The SMILES string of the molecule is CC1(C)OB(c2cccc3c2-c2cccc4cccc-3c24)OC1(C)C. The normalized spacial score (nSPS) is 19.4. The van der Waals surface area contributed by atoms with Crippen molar-refractivity contribution in [3.05, 3.63) is 54.6 Å². The number of rotatable bonds is 1. The van der Waals surface area contributed by atoms with Crippen molar-refractivity contribution in [2.24, 2.45) is 0 Å². The molecule has 2 nitrogen and oxygen atoms in total. The Balaban J connectivity index is 1.75. The summed E-state index contributed by atoms with van der Waals surface area (Å²) in [6, 6.07) is 19.5. The molecule has 25 heavy (non-hydrogen) atoms. The molecule has 124 valence electrons. The largest absolute Gasteiger partial charge is 0.495 e. The van der Waals surface area contributed by atoms with Crippen LogP contribution in [-0.2, 0) is 9.31 Å². The summed E-state index contributed by atoms with van der Waals surface area (Å²) < 4.78 is 12.7. The molecule has 3 aromatic rings. The molecule has 1 saturated heterocycles. The van der Waals surface area contributed by atoms with Crippen molar-refractivity contribution >= 4 is 23.4 Å². The summed E-state index contributed by atoms with van der Waals surface area (Å²) in [6.45, 7) is 8.41. The molecule has 0 radical (unpaired) electrons. The average molecular weight is 328 g/mol. The van der Waals surface area contributed by atoms with E-state index in [1.807, 2.05) is 0 Å². The van der Waals surface area contributed by atoms with Crippen molar-refractivity contribution in [1.29, 1.82) is 0 Å². The van der Waals surface area contributed by atoms with Crippen LogP contribution in [0.15, 0.2) is 54.6 Å². The third-order valence-corrected chi connectivity index (χ3v) is 6.07. The van der Waals surface area contributed by atoms with Crippen molar-refractivity contribution < 1.29 is 9.31 Å². The summed E-state index contributed by atoms with van der Waals surface area (Å²) in [4.78, 5) is 0. The Morgan fingerprint density at radius 3 is 1.92 bits per heavy atom. The lowest BCUT2D eigenvalue weighted by Crippen LogP contribution is -2.41. The molecule has 0 saturated carbocycles. The maximum absolute atomic E-state index is 6.35. The van der Waals surface area contributed by atoms with Gasteiger partial charge in [0.15, 0.2) is 0 Å². The lowest BCUT2D eigenvalue weighted by atomic mass is 9.74. The van der Waals surface area contributed by atoms with Crippen LogP contribution in [0, 0.1) is 0 Å². The Labute approximate surface area is 148 Å². The second-order valence-corrected chi connectivity index (χ2v) is 8.07. The van der Waals surface area contributed by atoms with E-state index in [1.165, 1.54) is 33.0 Å². The van der Waals surface area contributed by atoms with E-state index in [0.717, 1.165) is 5.46 Å². The molecule has 1 aliphatic carbocycles. The van der Waals surface area contributed by atoms with Crippen LogP contribution in [0.3, 0.4) is 0 Å². The molecule has 2 aliphatic rings. The Morgan fingerprint density at radius 2 is 1.24 bits per heavy atom. The first kappa shape index (κ1) is 15.2. The second kappa shape index (κ2) is 4.75. The Kier molecular flexibility index (Phi) is 2.88. The van der Waals surface area contributed by atoms with E-state index < -0.39 is 0 Å². The summed E-state index contributed by atoms with van der Waals surface area (Å²) in [7, 11) is -0.343. The summed E-state index contributed by atoms with van der Waals surface area (Å²) in [5, 5.41) is 2.62. The van der Waals surface area contributed by atoms with Gasteiger partial charge in [0.05, 0.1) is 11.2 Å². The lowest BCUT2D eigenvalue weighted by molar-refractivity contribution is 0.00578. The number of benzene rings is 3. The van der Waals surface area contributed by atoms with Crippen LogP contribution in [0.5, 0.6) is 0 Å². The third-order valence-electron chi connectivity index (χ3n) is 6.07. The van der Waals surface area contributed by atoms with E-state index in [1.54, 1.807) is 0 Å². The zero-order chi connectivity index (χ0) is 17.4. The molecule has 0 unspecified atom stereocenters. The fourth-order valence-corrected chi connectivity index (χ4v) is 4.04. The minimum Gasteiger partial charge on any atom is -0.399 e. The van der Waals surface area contributed by atoms with Gasteiger partial charge in [-0.3, -0.25) is 0 Å². The maximum atomic E-state index is 6.35. The first-order valence-electron chi connectivity index (χ1n) is 8.90. The van der Waals surface area contributed by atoms with Crippen LogP contribution in [0.25, 0.3) is 33.0 Å². The van der Waals surface area contributed by atoms with Crippen LogP contribution in [0.2, 0.25) is 0 Å². The first-order chi connectivity index (χ1) is 11.9. The maximum Gasteiger partial charge on any atom is 0.495 e. The van der Waals surface area contributed by atoms with Gasteiger partial charge < -0.3 is 9.31 Å². The Morgan fingerprint density at radius 1 is 0.680 bits per heavy atom. The van der Waals surface area contributed by atoms with Crippen molar-refractivity contribution in [3.63, 3.8) is 0 Å². The molecule has 5 rings (SSSR count). The molecular formula is C22H21BO2. The summed E-state index contributed by atoms with van der Waals surface area (Å²) in [5.41, 5.74) is 5.58. The van der Waals surface area contributed by atoms with Crippen molar-refractivity contribution in [2.45, 2.75) is 38.9 Å². The van der Waals surface area contributed by atoms with Gasteiger partial charge in [-0.05, 0) is 66.2 Å². The van der Waals surface area contributed by atoms with Gasteiger partial charge >= 0.3 is 7.12 Å². The average Bonchev–Trinajstić information content (AvgIpc) is 3.01. The number of fused-ring (bicyclic) bond motifs is 3. The highest BCUT2D eigenvalue weighted by Crippen LogP contribution is 2.47. The molecule has 0 bridgehead atoms. The smallest absolute Gasteiger partial charge is 0.399 e. The van der Waals surface area contributed by atoms with Gasteiger partial charge in [0.1, 0.15) is 0 Å². The molecule has 1 fully saturated rings. The lowest BCUT2D eigenvalue weighted by Gasteiger charge is -2.32. The van der Waals surface area contributed by atoms with Crippen molar-refractivity contribution in [1.82, 2.24) is 0 Å². The topological polar surface area (TPSA) is 18.5 Å². The monoisotopic (exact) mass is 328 g/mol. The Hall–Kier alpha value is -2.10. The third kappa shape index (κ3) is 1.94. The van der Waals surface area contributed by atoms with Gasteiger partial charge in [-0.15, -0.1) is 0 Å². The molecule has 0 N–H and O–H groups in total. The minimum atomic E-state index is -0.343.